The van der Waals surface area contributed by atoms with Crippen molar-refractivity contribution in [1.29, 1.82) is 0 Å². The van der Waals surface area contributed by atoms with E-state index < -0.39 is 16.8 Å². The molecule has 0 spiro atoms. The highest BCUT2D eigenvalue weighted by atomic mass is 16.6. The Hall–Kier alpha value is -2.96. The predicted molar refractivity (Wildman–Crippen MR) is 72.6 cm³/mol. The molecule has 0 unspecified atom stereocenters. The normalized spacial score (nSPS) is 10.8. The van der Waals surface area contributed by atoms with Crippen molar-refractivity contribution >= 4 is 23.3 Å². The molecule has 104 valence electrons. The lowest BCUT2D eigenvalue weighted by atomic mass is 10.1. The molecule has 20 heavy (non-hydrogen) atoms. The third kappa shape index (κ3) is 4.05. The number of carboxylic acids is 1. The molecule has 7 heteroatoms. The summed E-state index contributed by atoms with van der Waals surface area (Å²) in [5.41, 5.74) is -0.699. The summed E-state index contributed by atoms with van der Waals surface area (Å²) in [7, 11) is 0. The van der Waals surface area contributed by atoms with Gasteiger partial charge in [-0.3, -0.25) is 14.9 Å². The fraction of sp³-hybridized carbons (Fsp3) is 0.0769. The number of non-ortho nitro benzene ring substituents is 1. The Bertz CT molecular complexity index is 605. The van der Waals surface area contributed by atoms with Crippen molar-refractivity contribution in [3.63, 3.8) is 0 Å². The van der Waals surface area contributed by atoms with E-state index in [4.69, 9.17) is 5.11 Å². The molecule has 0 saturated carbocycles. The van der Waals surface area contributed by atoms with Crippen LogP contribution in [0.1, 0.15) is 17.3 Å². The van der Waals surface area contributed by atoms with E-state index in [9.17, 15) is 19.7 Å². The Balaban J connectivity index is 3.03. The summed E-state index contributed by atoms with van der Waals surface area (Å²) < 4.78 is 0. The van der Waals surface area contributed by atoms with Gasteiger partial charge in [0.25, 0.3) is 5.69 Å². The summed E-state index contributed by atoms with van der Waals surface area (Å²) in [4.78, 5) is 32.4. The van der Waals surface area contributed by atoms with Crippen molar-refractivity contribution in [1.82, 2.24) is 0 Å². The summed E-state index contributed by atoms with van der Waals surface area (Å²) in [6.07, 6.45) is 6.06. The van der Waals surface area contributed by atoms with E-state index >= 15 is 0 Å². The number of aromatic carboxylic acids is 1. The number of hydrogen-bond acceptors (Lipinski definition) is 4. The third-order valence-electron chi connectivity index (χ3n) is 2.25. The maximum Gasteiger partial charge on any atom is 0.338 e. The van der Waals surface area contributed by atoms with Crippen molar-refractivity contribution in [2.75, 3.05) is 5.32 Å². The predicted octanol–water partition coefficient (Wildman–Crippen LogP) is 2.36. The Labute approximate surface area is 114 Å². The molecule has 0 aromatic heterocycles. The van der Waals surface area contributed by atoms with Gasteiger partial charge < -0.3 is 10.4 Å². The third-order valence-corrected chi connectivity index (χ3v) is 2.25. The number of carboxylic acid groups (broad SMARTS) is 1. The van der Waals surface area contributed by atoms with E-state index in [1.165, 1.54) is 18.2 Å². The fourth-order valence-corrected chi connectivity index (χ4v) is 1.36. The zero-order valence-corrected chi connectivity index (χ0v) is 10.6. The van der Waals surface area contributed by atoms with Crippen molar-refractivity contribution in [3.8, 4) is 0 Å². The van der Waals surface area contributed by atoms with E-state index in [0.717, 1.165) is 12.1 Å². The molecular weight excluding hydrogens is 264 g/mol. The van der Waals surface area contributed by atoms with E-state index in [-0.39, 0.29) is 16.9 Å². The number of amides is 1. The standard InChI is InChI=1S/C13H12N2O5/c1-2-3-4-5-12(16)14-11-7-6-9(15(19)20)8-10(11)13(17)18/h2-8H,1H3,(H,14,16)(H,17,18). The van der Waals surface area contributed by atoms with Gasteiger partial charge in [0.05, 0.1) is 16.2 Å². The first-order valence-electron chi connectivity index (χ1n) is 5.57. The first-order valence-corrected chi connectivity index (χ1v) is 5.57. The summed E-state index contributed by atoms with van der Waals surface area (Å²) in [6, 6.07) is 3.20. The zero-order chi connectivity index (χ0) is 15.1. The molecule has 1 rings (SSSR count). The number of hydrogen-bond donors (Lipinski definition) is 2. The minimum atomic E-state index is -1.36. The van der Waals surface area contributed by atoms with Crippen LogP contribution < -0.4 is 5.32 Å². The molecule has 0 atom stereocenters. The minimum absolute atomic E-state index is 0.00164. The van der Waals surface area contributed by atoms with Gasteiger partial charge in [-0.15, -0.1) is 0 Å². The Morgan fingerprint density at radius 1 is 1.35 bits per heavy atom. The monoisotopic (exact) mass is 276 g/mol. The second kappa shape index (κ2) is 6.83. The quantitative estimate of drug-likeness (QED) is 0.371. The van der Waals surface area contributed by atoms with Gasteiger partial charge in [-0.2, -0.15) is 0 Å². The lowest BCUT2D eigenvalue weighted by Crippen LogP contribution is -2.12. The number of nitro benzene ring substituents is 1. The van der Waals surface area contributed by atoms with E-state index in [1.54, 1.807) is 19.1 Å². The molecule has 1 amide bonds. The van der Waals surface area contributed by atoms with Crippen LogP contribution in [-0.4, -0.2) is 21.9 Å². The highest BCUT2D eigenvalue weighted by Gasteiger charge is 2.16. The molecule has 0 saturated heterocycles. The number of nitrogens with one attached hydrogen (secondary N) is 1. The van der Waals surface area contributed by atoms with Gasteiger partial charge in [0, 0.05) is 18.2 Å². The topological polar surface area (TPSA) is 110 Å². The number of carbonyl (C=O) groups is 2. The minimum Gasteiger partial charge on any atom is -0.478 e. The number of nitrogens with zero attached hydrogens (tertiary/aromatic N) is 1. The second-order valence-corrected chi connectivity index (χ2v) is 3.67. The van der Waals surface area contributed by atoms with Gasteiger partial charge in [0.2, 0.25) is 5.91 Å². The maximum absolute atomic E-state index is 11.5. The molecule has 0 radical (unpaired) electrons. The second-order valence-electron chi connectivity index (χ2n) is 3.67. The van der Waals surface area contributed by atoms with Crippen LogP contribution in [0, 0.1) is 10.1 Å². The Morgan fingerprint density at radius 3 is 2.60 bits per heavy atom. The summed E-state index contributed by atoms with van der Waals surface area (Å²) in [5, 5.41) is 21.9. The van der Waals surface area contributed by atoms with Crippen molar-refractivity contribution in [2.45, 2.75) is 6.92 Å². The van der Waals surface area contributed by atoms with Gasteiger partial charge in [-0.25, -0.2) is 4.79 Å². The Morgan fingerprint density at radius 2 is 2.05 bits per heavy atom. The molecule has 0 heterocycles. The summed E-state index contributed by atoms with van der Waals surface area (Å²) >= 11 is 0. The van der Waals surface area contributed by atoms with Crippen molar-refractivity contribution < 1.29 is 19.6 Å². The highest BCUT2D eigenvalue weighted by Crippen LogP contribution is 2.22. The molecule has 0 fully saturated rings. The van der Waals surface area contributed by atoms with Crippen LogP contribution >= 0.6 is 0 Å². The van der Waals surface area contributed by atoms with Gasteiger partial charge in [-0.1, -0.05) is 18.2 Å². The average Bonchev–Trinajstić information content (AvgIpc) is 2.38. The van der Waals surface area contributed by atoms with E-state index in [1.807, 2.05) is 0 Å². The fourth-order valence-electron chi connectivity index (χ4n) is 1.36. The molecule has 0 aliphatic rings. The molecule has 2 N–H and O–H groups in total. The van der Waals surface area contributed by atoms with Crippen LogP contribution in [-0.2, 0) is 4.79 Å². The number of carbonyl (C=O) groups excluding carboxylic acids is 1. The van der Waals surface area contributed by atoms with Gasteiger partial charge in [0.15, 0.2) is 0 Å². The molecule has 0 aliphatic heterocycles. The molecular formula is C13H12N2O5. The number of nitro groups is 1. The van der Waals surface area contributed by atoms with Crippen molar-refractivity contribution in [2.24, 2.45) is 0 Å². The SMILES string of the molecule is CC=CC=CC(=O)Nc1ccc([N+](=O)[O-])cc1C(=O)O. The van der Waals surface area contributed by atoms with E-state index in [2.05, 4.69) is 5.32 Å². The smallest absolute Gasteiger partial charge is 0.338 e. The summed E-state index contributed by atoms with van der Waals surface area (Å²) in [5.74, 6) is -1.89. The van der Waals surface area contributed by atoms with Gasteiger partial charge in [0.1, 0.15) is 0 Å². The molecule has 0 aliphatic carbocycles. The first kappa shape index (κ1) is 15.1. The summed E-state index contributed by atoms with van der Waals surface area (Å²) in [6.45, 7) is 1.78. The van der Waals surface area contributed by atoms with Crippen LogP contribution in [0.15, 0.2) is 42.5 Å². The number of rotatable bonds is 5. The van der Waals surface area contributed by atoms with Crippen LogP contribution in [0.5, 0.6) is 0 Å². The van der Waals surface area contributed by atoms with Crippen molar-refractivity contribution in [3.05, 3.63) is 58.2 Å². The molecule has 1 aromatic carbocycles. The highest BCUT2D eigenvalue weighted by molar-refractivity contribution is 6.04. The van der Waals surface area contributed by atoms with Crippen LogP contribution in [0.25, 0.3) is 0 Å². The number of benzene rings is 1. The van der Waals surface area contributed by atoms with Gasteiger partial charge >= 0.3 is 5.97 Å². The van der Waals surface area contributed by atoms with Gasteiger partial charge in [-0.05, 0) is 13.0 Å². The number of allylic oxidation sites excluding steroid dienone is 3. The molecule has 1 aromatic rings. The van der Waals surface area contributed by atoms with Crippen LogP contribution in [0.3, 0.4) is 0 Å². The first-order chi connectivity index (χ1) is 9.45. The number of anilines is 1. The maximum atomic E-state index is 11.5. The average molecular weight is 276 g/mol. The van der Waals surface area contributed by atoms with Crippen LogP contribution in [0.2, 0.25) is 0 Å². The lowest BCUT2D eigenvalue weighted by Gasteiger charge is -2.06. The van der Waals surface area contributed by atoms with E-state index in [0.29, 0.717) is 0 Å². The molecule has 7 nitrogen and oxygen atoms in total. The zero-order valence-electron chi connectivity index (χ0n) is 10.6. The lowest BCUT2D eigenvalue weighted by molar-refractivity contribution is -0.384. The molecule has 0 bridgehead atoms. The Kier molecular flexibility index (Phi) is 5.16. The largest absolute Gasteiger partial charge is 0.478 e. The van der Waals surface area contributed by atoms with Crippen LogP contribution in [0.4, 0.5) is 11.4 Å².